The first-order valence-corrected chi connectivity index (χ1v) is 10.2. The molecule has 1 aromatic heterocycles. The van der Waals surface area contributed by atoms with Gasteiger partial charge in [0.1, 0.15) is 0 Å². The van der Waals surface area contributed by atoms with Gasteiger partial charge < -0.3 is 19.4 Å². The topological polar surface area (TPSA) is 58.0 Å². The van der Waals surface area contributed by atoms with E-state index >= 15 is 0 Å². The lowest BCUT2D eigenvalue weighted by Crippen LogP contribution is -2.41. The summed E-state index contributed by atoms with van der Waals surface area (Å²) in [6, 6.07) is 11.7. The summed E-state index contributed by atoms with van der Waals surface area (Å²) in [6.07, 6.45) is 2.72. The van der Waals surface area contributed by atoms with E-state index in [0.717, 1.165) is 70.0 Å². The molecule has 2 aliphatic rings. The lowest BCUT2D eigenvalue weighted by atomic mass is 10.1. The molecule has 2 saturated heterocycles. The van der Waals surface area contributed by atoms with Crippen molar-refractivity contribution in [1.82, 2.24) is 15.1 Å². The highest BCUT2D eigenvalue weighted by Crippen LogP contribution is 2.24. The van der Waals surface area contributed by atoms with Crippen LogP contribution in [-0.4, -0.2) is 74.7 Å². The van der Waals surface area contributed by atoms with Crippen LogP contribution in [0.15, 0.2) is 47.1 Å². The number of carbonyl (C=O) groups excluding carboxylic acids is 1. The summed E-state index contributed by atoms with van der Waals surface area (Å²) >= 11 is 0. The fraction of sp³-hybridized carbons (Fsp3) is 0.500. The Balaban J connectivity index is 1.23. The van der Waals surface area contributed by atoms with Crippen LogP contribution in [0.3, 0.4) is 0 Å². The molecule has 2 aromatic rings. The molecule has 2 aliphatic heterocycles. The van der Waals surface area contributed by atoms with Crippen LogP contribution in [0, 0.1) is 5.92 Å². The van der Waals surface area contributed by atoms with Crippen LogP contribution in [0.25, 0.3) is 11.1 Å². The van der Waals surface area contributed by atoms with E-state index in [2.05, 4.69) is 15.1 Å². The smallest absolute Gasteiger partial charge is 0.287 e. The number of morpholine rings is 1. The van der Waals surface area contributed by atoms with E-state index in [-0.39, 0.29) is 5.91 Å². The fourth-order valence-electron chi connectivity index (χ4n) is 4.04. The molecular formula is C22H29N3O3. The molecule has 28 heavy (non-hydrogen) atoms. The van der Waals surface area contributed by atoms with Crippen LogP contribution >= 0.6 is 0 Å². The van der Waals surface area contributed by atoms with Crippen LogP contribution in [-0.2, 0) is 4.74 Å². The van der Waals surface area contributed by atoms with Crippen LogP contribution in [0.5, 0.6) is 0 Å². The maximum Gasteiger partial charge on any atom is 0.287 e. The van der Waals surface area contributed by atoms with Gasteiger partial charge in [0.05, 0.1) is 19.5 Å². The van der Waals surface area contributed by atoms with E-state index in [1.165, 1.54) is 0 Å². The van der Waals surface area contributed by atoms with Crippen molar-refractivity contribution in [3.63, 3.8) is 0 Å². The largest absolute Gasteiger partial charge is 0.459 e. The Hall–Kier alpha value is -2.15. The molecule has 0 bridgehead atoms. The SMILES string of the molecule is O=C(NC[C@@H]1CCN(CCN2CCOCC2)C1)c1occc1-c1ccccc1. The van der Waals surface area contributed by atoms with Crippen LogP contribution in [0.4, 0.5) is 0 Å². The molecule has 1 aromatic carbocycles. The van der Waals surface area contributed by atoms with Gasteiger partial charge in [0.15, 0.2) is 5.76 Å². The van der Waals surface area contributed by atoms with E-state index < -0.39 is 0 Å². The third-order valence-electron chi connectivity index (χ3n) is 5.71. The molecule has 0 saturated carbocycles. The highest BCUT2D eigenvalue weighted by atomic mass is 16.5. The maximum absolute atomic E-state index is 12.6. The molecule has 4 rings (SSSR count). The summed E-state index contributed by atoms with van der Waals surface area (Å²) in [5, 5.41) is 3.08. The van der Waals surface area contributed by atoms with Gasteiger partial charge in [-0.3, -0.25) is 9.69 Å². The van der Waals surface area contributed by atoms with Gasteiger partial charge in [-0.05, 0) is 30.5 Å². The number of furan rings is 1. The molecule has 1 atom stereocenters. The van der Waals surface area contributed by atoms with Crippen molar-refractivity contribution >= 4 is 5.91 Å². The standard InChI is InChI=1S/C22H29N3O3/c26-22(21-20(7-13-28-21)19-4-2-1-3-5-19)23-16-18-6-8-25(17-18)10-9-24-11-14-27-15-12-24/h1-5,7,13,18H,6,8-12,14-17H2,(H,23,26)/t18-/m0/s1. The molecule has 0 spiro atoms. The summed E-state index contributed by atoms with van der Waals surface area (Å²) in [6.45, 7) is 8.85. The molecule has 3 heterocycles. The van der Waals surface area contributed by atoms with Crippen molar-refractivity contribution in [3.8, 4) is 11.1 Å². The number of carbonyl (C=O) groups is 1. The zero-order valence-corrected chi connectivity index (χ0v) is 16.3. The highest BCUT2D eigenvalue weighted by molar-refractivity contribution is 5.98. The number of amides is 1. The summed E-state index contributed by atoms with van der Waals surface area (Å²) in [7, 11) is 0. The Labute approximate surface area is 166 Å². The van der Waals surface area contributed by atoms with E-state index in [0.29, 0.717) is 18.2 Å². The van der Waals surface area contributed by atoms with Crippen LogP contribution in [0.2, 0.25) is 0 Å². The number of ether oxygens (including phenoxy) is 1. The lowest BCUT2D eigenvalue weighted by Gasteiger charge is -2.28. The van der Waals surface area contributed by atoms with Crippen molar-refractivity contribution in [2.45, 2.75) is 6.42 Å². The number of rotatable bonds is 7. The molecule has 0 radical (unpaired) electrons. The van der Waals surface area contributed by atoms with Crippen molar-refractivity contribution in [1.29, 1.82) is 0 Å². The lowest BCUT2D eigenvalue weighted by molar-refractivity contribution is 0.0342. The van der Waals surface area contributed by atoms with Gasteiger partial charge >= 0.3 is 0 Å². The Kier molecular flexibility index (Phi) is 6.41. The van der Waals surface area contributed by atoms with Crippen LogP contribution in [0.1, 0.15) is 17.0 Å². The second-order valence-electron chi connectivity index (χ2n) is 7.65. The van der Waals surface area contributed by atoms with E-state index in [4.69, 9.17) is 9.15 Å². The van der Waals surface area contributed by atoms with Crippen molar-refractivity contribution in [3.05, 3.63) is 48.4 Å². The average molecular weight is 383 g/mol. The number of nitrogens with one attached hydrogen (secondary N) is 1. The molecule has 6 nitrogen and oxygen atoms in total. The average Bonchev–Trinajstić information content (AvgIpc) is 3.42. The Morgan fingerprint density at radius 3 is 2.64 bits per heavy atom. The minimum absolute atomic E-state index is 0.129. The molecule has 1 N–H and O–H groups in total. The highest BCUT2D eigenvalue weighted by Gasteiger charge is 2.24. The van der Waals surface area contributed by atoms with Gasteiger partial charge in [0.25, 0.3) is 5.91 Å². The summed E-state index contributed by atoms with van der Waals surface area (Å²) in [5.74, 6) is 0.771. The van der Waals surface area contributed by atoms with Gasteiger partial charge in [0, 0.05) is 44.8 Å². The Bertz CT molecular complexity index is 755. The molecule has 2 fully saturated rings. The second kappa shape index (κ2) is 9.37. The van der Waals surface area contributed by atoms with Gasteiger partial charge in [0.2, 0.25) is 0 Å². The predicted octanol–water partition coefficient (Wildman–Crippen LogP) is 2.33. The van der Waals surface area contributed by atoms with E-state index in [1.54, 1.807) is 6.26 Å². The number of likely N-dealkylation sites (tertiary alicyclic amines) is 1. The van der Waals surface area contributed by atoms with E-state index in [1.807, 2.05) is 36.4 Å². The molecule has 150 valence electrons. The first kappa shape index (κ1) is 19.2. The van der Waals surface area contributed by atoms with Gasteiger partial charge in [-0.1, -0.05) is 30.3 Å². The Morgan fingerprint density at radius 2 is 1.82 bits per heavy atom. The zero-order valence-electron chi connectivity index (χ0n) is 16.3. The zero-order chi connectivity index (χ0) is 19.2. The van der Waals surface area contributed by atoms with E-state index in [9.17, 15) is 4.79 Å². The quantitative estimate of drug-likeness (QED) is 0.795. The van der Waals surface area contributed by atoms with Crippen molar-refractivity contribution < 1.29 is 13.9 Å². The van der Waals surface area contributed by atoms with Crippen LogP contribution < -0.4 is 5.32 Å². The number of hydrogen-bond acceptors (Lipinski definition) is 5. The van der Waals surface area contributed by atoms with Crippen molar-refractivity contribution in [2.24, 2.45) is 5.92 Å². The number of nitrogens with zero attached hydrogens (tertiary/aromatic N) is 2. The Morgan fingerprint density at radius 1 is 1.04 bits per heavy atom. The van der Waals surface area contributed by atoms with Gasteiger partial charge in [-0.2, -0.15) is 0 Å². The minimum atomic E-state index is -0.129. The number of benzene rings is 1. The fourth-order valence-corrected chi connectivity index (χ4v) is 4.04. The third kappa shape index (κ3) is 4.82. The first-order chi connectivity index (χ1) is 13.8. The third-order valence-corrected chi connectivity index (χ3v) is 5.71. The first-order valence-electron chi connectivity index (χ1n) is 10.2. The monoisotopic (exact) mass is 383 g/mol. The normalized spacial score (nSPS) is 21.1. The summed E-state index contributed by atoms with van der Waals surface area (Å²) < 4.78 is 10.9. The molecule has 0 unspecified atom stereocenters. The summed E-state index contributed by atoms with van der Waals surface area (Å²) in [4.78, 5) is 17.6. The molecular weight excluding hydrogens is 354 g/mol. The molecule has 0 aliphatic carbocycles. The predicted molar refractivity (Wildman–Crippen MR) is 108 cm³/mol. The second-order valence-corrected chi connectivity index (χ2v) is 7.65. The molecule has 6 heteroatoms. The van der Waals surface area contributed by atoms with Gasteiger partial charge in [-0.15, -0.1) is 0 Å². The number of hydrogen-bond donors (Lipinski definition) is 1. The minimum Gasteiger partial charge on any atom is -0.459 e. The maximum atomic E-state index is 12.6. The van der Waals surface area contributed by atoms with Crippen molar-refractivity contribution in [2.75, 3.05) is 59.0 Å². The summed E-state index contributed by atoms with van der Waals surface area (Å²) in [5.41, 5.74) is 1.84. The molecule has 1 amide bonds. The van der Waals surface area contributed by atoms with Gasteiger partial charge in [-0.25, -0.2) is 0 Å².